The maximum absolute atomic E-state index is 13.3. The first-order valence-corrected chi connectivity index (χ1v) is 12.3. The molecule has 2 aliphatic carbocycles. The lowest BCUT2D eigenvalue weighted by molar-refractivity contribution is 0.00732. The molecule has 3 N–H and O–H groups in total. The van der Waals surface area contributed by atoms with Crippen molar-refractivity contribution >= 4 is 28.9 Å². The number of carbonyl (C=O) groups excluding carboxylic acids is 1. The van der Waals surface area contributed by atoms with Gasteiger partial charge in [-0.25, -0.2) is 4.98 Å². The van der Waals surface area contributed by atoms with Crippen LogP contribution < -0.4 is 21.5 Å². The highest BCUT2D eigenvalue weighted by Gasteiger charge is 2.33. The van der Waals surface area contributed by atoms with Gasteiger partial charge in [0.25, 0.3) is 11.5 Å². The third-order valence-electron chi connectivity index (χ3n) is 7.26. The maximum atomic E-state index is 13.3. The quantitative estimate of drug-likeness (QED) is 0.460. The minimum Gasteiger partial charge on any atom is -0.379 e. The Bertz CT molecular complexity index is 1370. The zero-order valence-electron chi connectivity index (χ0n) is 20.4. The van der Waals surface area contributed by atoms with E-state index < -0.39 is 0 Å². The lowest BCUT2D eigenvalue weighted by Gasteiger charge is -2.35. The van der Waals surface area contributed by atoms with Crippen molar-refractivity contribution in [1.29, 1.82) is 5.26 Å². The number of rotatable bonds is 7. The number of nitrogens with zero attached hydrogens (tertiary/aromatic N) is 5. The van der Waals surface area contributed by atoms with Crippen molar-refractivity contribution in [1.82, 2.24) is 24.5 Å². The minimum atomic E-state index is -0.269. The molecule has 0 saturated heterocycles. The number of carbonyl (C=O) groups is 1. The highest BCUT2D eigenvalue weighted by atomic mass is 16.5. The Labute approximate surface area is 208 Å². The van der Waals surface area contributed by atoms with Gasteiger partial charge in [0.1, 0.15) is 22.9 Å². The molecule has 5 rings (SSSR count). The van der Waals surface area contributed by atoms with Crippen LogP contribution in [0.2, 0.25) is 0 Å². The van der Waals surface area contributed by atoms with Crippen LogP contribution in [-0.4, -0.2) is 51.4 Å². The van der Waals surface area contributed by atoms with Gasteiger partial charge in [0.15, 0.2) is 5.65 Å². The van der Waals surface area contributed by atoms with E-state index in [9.17, 15) is 14.9 Å². The second kappa shape index (κ2) is 9.99. The van der Waals surface area contributed by atoms with Gasteiger partial charge in [0, 0.05) is 38.4 Å². The third-order valence-corrected chi connectivity index (χ3v) is 7.26. The Hall–Kier alpha value is -3.91. The van der Waals surface area contributed by atoms with Gasteiger partial charge in [-0.1, -0.05) is 6.42 Å². The number of nitriles is 1. The number of amides is 1. The van der Waals surface area contributed by atoms with Crippen LogP contribution >= 0.6 is 0 Å². The first-order chi connectivity index (χ1) is 17.5. The molecule has 3 aromatic rings. The van der Waals surface area contributed by atoms with Crippen LogP contribution in [-0.2, 0) is 4.74 Å². The number of ether oxygens (including phenoxy) is 1. The molecule has 1 amide bonds. The zero-order valence-corrected chi connectivity index (χ0v) is 20.4. The lowest BCUT2D eigenvalue weighted by atomic mass is 9.86. The van der Waals surface area contributed by atoms with E-state index in [1.165, 1.54) is 6.20 Å². The Kier molecular flexibility index (Phi) is 6.61. The Morgan fingerprint density at radius 3 is 2.86 bits per heavy atom. The van der Waals surface area contributed by atoms with Gasteiger partial charge in [0.2, 0.25) is 0 Å². The van der Waals surface area contributed by atoms with E-state index in [4.69, 9.17) is 4.74 Å². The highest BCUT2D eigenvalue weighted by molar-refractivity contribution is 6.00. The van der Waals surface area contributed by atoms with Gasteiger partial charge in [-0.15, -0.1) is 0 Å². The van der Waals surface area contributed by atoms with E-state index >= 15 is 0 Å². The number of hydrogen-bond acceptors (Lipinski definition) is 8. The van der Waals surface area contributed by atoms with Crippen molar-refractivity contribution < 1.29 is 9.53 Å². The summed E-state index contributed by atoms with van der Waals surface area (Å²) in [5.41, 5.74) is 0.914. The summed E-state index contributed by atoms with van der Waals surface area (Å²) >= 11 is 0. The van der Waals surface area contributed by atoms with Crippen molar-refractivity contribution in [2.24, 2.45) is 5.92 Å². The molecule has 11 heteroatoms. The standard InChI is InChI=1S/C25H30N8O3/c1-27-22-12-21(29-19-7-4-10-32(25(19)35)16-6-3-5-15(11-16)13-26)31-23-17(14-28-33(22)23)24(34)30-18-8-9-20(18)36-2/h4,7,10,12,14-16,18,20,27H,3,5-6,8-9,11H2,1-2H3,(H,29,31)(H,30,34)/t15-,16+,18?,20-/m1/s1. The molecule has 2 saturated carbocycles. The normalized spacial score (nSPS) is 23.5. The van der Waals surface area contributed by atoms with Crippen LogP contribution in [0.4, 0.5) is 17.3 Å². The number of pyridine rings is 1. The predicted octanol–water partition coefficient (Wildman–Crippen LogP) is 2.84. The molecule has 36 heavy (non-hydrogen) atoms. The van der Waals surface area contributed by atoms with Crippen molar-refractivity contribution in [3.05, 3.63) is 46.5 Å². The first kappa shape index (κ1) is 23.8. The summed E-state index contributed by atoms with van der Waals surface area (Å²) in [6, 6.07) is 7.57. The van der Waals surface area contributed by atoms with Gasteiger partial charge >= 0.3 is 0 Å². The van der Waals surface area contributed by atoms with Crippen LogP contribution in [0.25, 0.3) is 5.65 Å². The van der Waals surface area contributed by atoms with Crippen LogP contribution in [0, 0.1) is 17.2 Å². The molecule has 0 radical (unpaired) electrons. The van der Waals surface area contributed by atoms with Gasteiger partial charge in [0.05, 0.1) is 24.4 Å². The second-order valence-corrected chi connectivity index (χ2v) is 9.41. The van der Waals surface area contributed by atoms with E-state index in [0.717, 1.165) is 32.1 Å². The summed E-state index contributed by atoms with van der Waals surface area (Å²) in [5.74, 6) is 0.725. The fourth-order valence-corrected chi connectivity index (χ4v) is 5.09. The summed E-state index contributed by atoms with van der Waals surface area (Å²) in [4.78, 5) is 30.9. The van der Waals surface area contributed by atoms with Crippen LogP contribution in [0.5, 0.6) is 0 Å². The number of aromatic nitrogens is 4. The van der Waals surface area contributed by atoms with Crippen molar-refractivity contribution in [3.8, 4) is 6.07 Å². The van der Waals surface area contributed by atoms with E-state index in [2.05, 4.69) is 32.1 Å². The molecule has 11 nitrogen and oxygen atoms in total. The summed E-state index contributed by atoms with van der Waals surface area (Å²) in [5, 5.41) is 22.9. The monoisotopic (exact) mass is 490 g/mol. The predicted molar refractivity (Wildman–Crippen MR) is 134 cm³/mol. The van der Waals surface area contributed by atoms with E-state index in [1.807, 2.05) is 6.07 Å². The number of anilines is 3. The van der Waals surface area contributed by atoms with Gasteiger partial charge in [-0.2, -0.15) is 14.9 Å². The van der Waals surface area contributed by atoms with Crippen molar-refractivity contribution in [3.63, 3.8) is 0 Å². The van der Waals surface area contributed by atoms with E-state index in [1.54, 1.807) is 41.6 Å². The smallest absolute Gasteiger partial charge is 0.274 e. The SMILES string of the molecule is CNc1cc(Nc2cccn([C@H]3CCC[C@@H](C#N)C3)c2=O)nc2c(C(=O)NC3CC[C@H]3OC)cnn12. The molecule has 3 aromatic heterocycles. The van der Waals surface area contributed by atoms with Crippen molar-refractivity contribution in [2.75, 3.05) is 24.8 Å². The number of nitrogens with one attached hydrogen (secondary N) is 3. The first-order valence-electron chi connectivity index (χ1n) is 12.3. The largest absolute Gasteiger partial charge is 0.379 e. The minimum absolute atomic E-state index is 0.00600. The summed E-state index contributed by atoms with van der Waals surface area (Å²) < 4.78 is 8.66. The molecule has 2 aliphatic rings. The summed E-state index contributed by atoms with van der Waals surface area (Å²) in [6.07, 6.45) is 8.41. The molecular formula is C25H30N8O3. The Morgan fingerprint density at radius 2 is 2.14 bits per heavy atom. The van der Waals surface area contributed by atoms with Crippen LogP contribution in [0.1, 0.15) is 54.9 Å². The van der Waals surface area contributed by atoms with Gasteiger partial charge in [-0.05, 0) is 44.2 Å². The molecule has 0 spiro atoms. The van der Waals surface area contributed by atoms with Crippen LogP contribution in [0.3, 0.4) is 0 Å². The van der Waals surface area contributed by atoms with Crippen LogP contribution in [0.15, 0.2) is 35.4 Å². The average Bonchev–Trinajstić information content (AvgIpc) is 3.31. The second-order valence-electron chi connectivity index (χ2n) is 9.41. The van der Waals surface area contributed by atoms with Gasteiger partial charge < -0.3 is 25.3 Å². The average molecular weight is 491 g/mol. The molecule has 3 heterocycles. The number of fused-ring (bicyclic) bond motifs is 1. The topological polar surface area (TPSA) is 138 Å². The molecule has 2 fully saturated rings. The number of methoxy groups -OCH3 is 1. The van der Waals surface area contributed by atoms with E-state index in [0.29, 0.717) is 35.0 Å². The molecule has 0 bridgehead atoms. The molecule has 4 atom stereocenters. The molecule has 0 aliphatic heterocycles. The third kappa shape index (κ3) is 4.40. The fourth-order valence-electron chi connectivity index (χ4n) is 5.09. The van der Waals surface area contributed by atoms with Crippen molar-refractivity contribution in [2.45, 2.75) is 56.7 Å². The molecule has 0 aromatic carbocycles. The number of hydrogen-bond donors (Lipinski definition) is 3. The highest BCUT2D eigenvalue weighted by Crippen LogP contribution is 2.31. The van der Waals surface area contributed by atoms with E-state index in [-0.39, 0.29) is 35.6 Å². The molecule has 1 unspecified atom stereocenters. The zero-order chi connectivity index (χ0) is 25.2. The lowest BCUT2D eigenvalue weighted by Crippen LogP contribution is -2.51. The molecular weight excluding hydrogens is 460 g/mol. The fraction of sp³-hybridized carbons (Fsp3) is 0.480. The Morgan fingerprint density at radius 1 is 1.28 bits per heavy atom. The molecule has 188 valence electrons. The Balaban J connectivity index is 1.44. The van der Waals surface area contributed by atoms with Gasteiger partial charge in [-0.3, -0.25) is 9.59 Å². The summed E-state index contributed by atoms with van der Waals surface area (Å²) in [6.45, 7) is 0. The maximum Gasteiger partial charge on any atom is 0.274 e. The summed E-state index contributed by atoms with van der Waals surface area (Å²) in [7, 11) is 3.40.